The first kappa shape index (κ1) is 15.2. The van der Waals surface area contributed by atoms with Crippen LogP contribution in [0.4, 0.5) is 0 Å². The molecule has 0 spiro atoms. The van der Waals surface area contributed by atoms with Crippen LogP contribution in [0, 0.1) is 5.92 Å². The van der Waals surface area contributed by atoms with Gasteiger partial charge in [0.15, 0.2) is 0 Å². The number of piperidine rings is 1. The van der Waals surface area contributed by atoms with Gasteiger partial charge in [0.1, 0.15) is 11.0 Å². The molecule has 0 amide bonds. The Morgan fingerprint density at radius 3 is 2.79 bits per heavy atom. The highest BCUT2D eigenvalue weighted by Crippen LogP contribution is 2.30. The number of benzene rings is 1. The average Bonchev–Trinajstić information content (AvgIpc) is 3.12. The number of rotatable bonds is 4. The summed E-state index contributed by atoms with van der Waals surface area (Å²) in [6.45, 7) is 2.74. The van der Waals surface area contributed by atoms with Gasteiger partial charge in [0.2, 0.25) is 0 Å². The fourth-order valence-electron chi connectivity index (χ4n) is 3.45. The quantitative estimate of drug-likeness (QED) is 0.795. The van der Waals surface area contributed by atoms with Crippen LogP contribution in [0.5, 0.6) is 0 Å². The van der Waals surface area contributed by atoms with E-state index in [2.05, 4.69) is 26.3 Å². The second-order valence-electron chi connectivity index (χ2n) is 6.36. The van der Waals surface area contributed by atoms with E-state index < -0.39 is 6.10 Å². The summed E-state index contributed by atoms with van der Waals surface area (Å²) in [5, 5.41) is 18.4. The van der Waals surface area contributed by atoms with Crippen LogP contribution >= 0.6 is 0 Å². The molecule has 6 heteroatoms. The first-order chi connectivity index (χ1) is 11.8. The summed E-state index contributed by atoms with van der Waals surface area (Å²) in [6, 6.07) is 11.7. The van der Waals surface area contributed by atoms with Crippen molar-refractivity contribution in [2.24, 2.45) is 5.92 Å². The molecule has 0 saturated carbocycles. The van der Waals surface area contributed by atoms with Crippen molar-refractivity contribution in [3.63, 3.8) is 0 Å². The summed E-state index contributed by atoms with van der Waals surface area (Å²) in [4.78, 5) is 6.67. The zero-order chi connectivity index (χ0) is 16.4. The third-order valence-corrected chi connectivity index (χ3v) is 4.83. The Labute approximate surface area is 140 Å². The van der Waals surface area contributed by atoms with Crippen molar-refractivity contribution < 1.29 is 9.74 Å². The maximum atomic E-state index is 10.5. The minimum atomic E-state index is -0.475. The maximum absolute atomic E-state index is 10.5. The molecular formula is C18H20N4O2. The summed E-state index contributed by atoms with van der Waals surface area (Å²) in [5.41, 5.74) is 3.55. The van der Waals surface area contributed by atoms with E-state index in [1.807, 2.05) is 30.3 Å². The number of aliphatic hydroxyl groups excluding tert-OH is 1. The Bertz CT molecular complexity index is 797. The average molecular weight is 324 g/mol. The molecule has 2 aromatic heterocycles. The van der Waals surface area contributed by atoms with Gasteiger partial charge in [-0.3, -0.25) is 9.88 Å². The Balaban J connectivity index is 1.39. The summed E-state index contributed by atoms with van der Waals surface area (Å²) in [6.07, 6.45) is 3.19. The first-order valence-electron chi connectivity index (χ1n) is 8.33. The Hall–Kier alpha value is -2.31. The van der Waals surface area contributed by atoms with Gasteiger partial charge in [0, 0.05) is 12.7 Å². The SMILES string of the molecule is O[C@H](c1ccccn1)C1CCN(Cc2cccc3nonc23)CC1. The van der Waals surface area contributed by atoms with Crippen LogP contribution in [0.25, 0.3) is 11.0 Å². The molecule has 3 aromatic rings. The number of likely N-dealkylation sites (tertiary alicyclic amines) is 1. The topological polar surface area (TPSA) is 75.3 Å². The molecule has 0 bridgehead atoms. The number of aromatic nitrogens is 3. The predicted molar refractivity (Wildman–Crippen MR) is 89.0 cm³/mol. The molecule has 6 nitrogen and oxygen atoms in total. The van der Waals surface area contributed by atoms with Gasteiger partial charge in [-0.2, -0.15) is 0 Å². The molecule has 1 atom stereocenters. The van der Waals surface area contributed by atoms with Crippen molar-refractivity contribution in [2.45, 2.75) is 25.5 Å². The van der Waals surface area contributed by atoms with Crippen molar-refractivity contribution in [1.82, 2.24) is 20.2 Å². The van der Waals surface area contributed by atoms with Crippen LogP contribution in [-0.4, -0.2) is 38.4 Å². The zero-order valence-electron chi connectivity index (χ0n) is 13.4. The van der Waals surface area contributed by atoms with E-state index in [-0.39, 0.29) is 5.92 Å². The molecule has 0 aliphatic carbocycles. The minimum absolute atomic E-state index is 0.264. The van der Waals surface area contributed by atoms with Crippen LogP contribution < -0.4 is 0 Å². The fourth-order valence-corrected chi connectivity index (χ4v) is 3.45. The molecule has 1 aliphatic heterocycles. The van der Waals surface area contributed by atoms with Crippen molar-refractivity contribution in [2.75, 3.05) is 13.1 Å². The van der Waals surface area contributed by atoms with E-state index in [0.29, 0.717) is 0 Å². The smallest absolute Gasteiger partial charge is 0.139 e. The molecule has 0 unspecified atom stereocenters. The molecular weight excluding hydrogens is 304 g/mol. The third kappa shape index (κ3) is 3.02. The van der Waals surface area contributed by atoms with Gasteiger partial charge in [-0.05, 0) is 65.9 Å². The molecule has 0 radical (unpaired) electrons. The lowest BCUT2D eigenvalue weighted by molar-refractivity contribution is 0.0541. The highest BCUT2D eigenvalue weighted by atomic mass is 16.6. The van der Waals surface area contributed by atoms with E-state index in [9.17, 15) is 5.11 Å². The lowest BCUT2D eigenvalue weighted by atomic mass is 9.89. The zero-order valence-corrected chi connectivity index (χ0v) is 13.4. The van der Waals surface area contributed by atoms with E-state index in [1.54, 1.807) is 6.20 Å². The Morgan fingerprint density at radius 2 is 2.00 bits per heavy atom. The summed E-state index contributed by atoms with van der Waals surface area (Å²) in [5.74, 6) is 0.264. The van der Waals surface area contributed by atoms with E-state index in [1.165, 1.54) is 0 Å². The van der Waals surface area contributed by atoms with Gasteiger partial charge >= 0.3 is 0 Å². The van der Waals surface area contributed by atoms with Gasteiger partial charge in [0.05, 0.1) is 11.8 Å². The van der Waals surface area contributed by atoms with Gasteiger partial charge in [-0.1, -0.05) is 18.2 Å². The van der Waals surface area contributed by atoms with E-state index in [4.69, 9.17) is 4.63 Å². The number of aliphatic hydroxyl groups is 1. The monoisotopic (exact) mass is 324 g/mol. The Morgan fingerprint density at radius 1 is 1.12 bits per heavy atom. The molecule has 124 valence electrons. The van der Waals surface area contributed by atoms with Crippen molar-refractivity contribution >= 4 is 11.0 Å². The molecule has 1 N–H and O–H groups in total. The number of nitrogens with zero attached hydrogens (tertiary/aromatic N) is 4. The summed E-state index contributed by atoms with van der Waals surface area (Å²) in [7, 11) is 0. The van der Waals surface area contributed by atoms with Crippen molar-refractivity contribution in [3.8, 4) is 0 Å². The van der Waals surface area contributed by atoms with Gasteiger partial charge < -0.3 is 5.11 Å². The van der Waals surface area contributed by atoms with Crippen molar-refractivity contribution in [3.05, 3.63) is 53.9 Å². The molecule has 4 rings (SSSR count). The lowest BCUT2D eigenvalue weighted by Gasteiger charge is -2.34. The van der Waals surface area contributed by atoms with Crippen LogP contribution in [0.2, 0.25) is 0 Å². The van der Waals surface area contributed by atoms with E-state index in [0.717, 1.165) is 54.8 Å². The van der Waals surface area contributed by atoms with Crippen LogP contribution in [-0.2, 0) is 6.54 Å². The number of fused-ring (bicyclic) bond motifs is 1. The Kier molecular flexibility index (Phi) is 4.23. The van der Waals surface area contributed by atoms with Crippen molar-refractivity contribution in [1.29, 1.82) is 0 Å². The largest absolute Gasteiger partial charge is 0.387 e. The van der Waals surface area contributed by atoms with Crippen LogP contribution in [0.15, 0.2) is 47.2 Å². The van der Waals surface area contributed by atoms with E-state index >= 15 is 0 Å². The fraction of sp³-hybridized carbons (Fsp3) is 0.389. The molecule has 1 aromatic carbocycles. The normalized spacial score (nSPS) is 18.0. The third-order valence-electron chi connectivity index (χ3n) is 4.83. The summed E-state index contributed by atoms with van der Waals surface area (Å²) < 4.78 is 4.83. The highest BCUT2D eigenvalue weighted by Gasteiger charge is 2.27. The summed E-state index contributed by atoms with van der Waals surface area (Å²) >= 11 is 0. The first-order valence-corrected chi connectivity index (χ1v) is 8.33. The van der Waals surface area contributed by atoms with Crippen LogP contribution in [0.1, 0.15) is 30.2 Å². The molecule has 1 aliphatic rings. The number of hydrogen-bond donors (Lipinski definition) is 1. The van der Waals surface area contributed by atoms with Gasteiger partial charge in [-0.25, -0.2) is 4.63 Å². The molecule has 24 heavy (non-hydrogen) atoms. The van der Waals surface area contributed by atoms with Crippen LogP contribution in [0.3, 0.4) is 0 Å². The van der Waals surface area contributed by atoms with Gasteiger partial charge in [-0.15, -0.1) is 0 Å². The number of pyridine rings is 1. The maximum Gasteiger partial charge on any atom is 0.139 e. The molecule has 3 heterocycles. The predicted octanol–water partition coefficient (Wildman–Crippen LogP) is 2.56. The minimum Gasteiger partial charge on any atom is -0.387 e. The van der Waals surface area contributed by atoms with Gasteiger partial charge in [0.25, 0.3) is 0 Å². The lowest BCUT2D eigenvalue weighted by Crippen LogP contribution is -2.35. The number of hydrogen-bond acceptors (Lipinski definition) is 6. The second kappa shape index (κ2) is 6.67. The highest BCUT2D eigenvalue weighted by molar-refractivity contribution is 5.76. The second-order valence-corrected chi connectivity index (χ2v) is 6.36. The standard InChI is InChI=1S/C18H20N4O2/c23-18(16-5-1-2-9-19-16)13-7-10-22(11-8-13)12-14-4-3-6-15-17(14)21-24-20-15/h1-6,9,13,18,23H,7-8,10-12H2/t18-/m0/s1. The molecule has 1 fully saturated rings. The molecule has 1 saturated heterocycles.